The summed E-state index contributed by atoms with van der Waals surface area (Å²) in [4.78, 5) is 20.9. The molecular weight excluding hydrogens is 412 g/mol. The molecule has 1 amide bonds. The Morgan fingerprint density at radius 3 is 2.61 bits per heavy atom. The molecule has 5 N–H and O–H groups in total. The molecule has 1 aromatic carbocycles. The summed E-state index contributed by atoms with van der Waals surface area (Å²) < 4.78 is 0. The third-order valence-electron chi connectivity index (χ3n) is 6.26. The van der Waals surface area contributed by atoms with Crippen LogP contribution in [0.25, 0.3) is 0 Å². The van der Waals surface area contributed by atoms with Crippen molar-refractivity contribution in [3.8, 4) is 6.07 Å². The number of benzene rings is 1. The van der Waals surface area contributed by atoms with Crippen molar-refractivity contribution < 1.29 is 4.79 Å². The fourth-order valence-electron chi connectivity index (χ4n) is 4.26. The number of nitrogens with zero attached hydrogens (tertiary/aromatic N) is 3. The number of carbonyl (C=O) groups excluding carboxylic acids is 1. The third kappa shape index (κ3) is 6.78. The number of nitrogens with one attached hydrogen (secondary N) is 1. The first-order chi connectivity index (χ1) is 14.9. The van der Waals surface area contributed by atoms with Crippen LogP contribution in [0.1, 0.15) is 45.4 Å². The Morgan fingerprint density at radius 1 is 1.29 bits per heavy atom. The fourth-order valence-corrected chi connectivity index (χ4v) is 4.39. The lowest BCUT2D eigenvalue weighted by Crippen LogP contribution is -2.44. The lowest BCUT2D eigenvalue weighted by molar-refractivity contribution is -0.118. The van der Waals surface area contributed by atoms with Crippen LogP contribution < -0.4 is 16.8 Å². The molecule has 1 aromatic rings. The van der Waals surface area contributed by atoms with Crippen LogP contribution in [0, 0.1) is 29.1 Å². The number of amidine groups is 1. The molecule has 2 saturated carbocycles. The highest BCUT2D eigenvalue weighted by atomic mass is 35.5. The average Bonchev–Trinajstić information content (AvgIpc) is 3.57. The van der Waals surface area contributed by atoms with E-state index >= 15 is 0 Å². The average molecular weight is 443 g/mol. The number of nitrogens with two attached hydrogens (primary N) is 2. The van der Waals surface area contributed by atoms with Gasteiger partial charge in [0.2, 0.25) is 5.91 Å². The van der Waals surface area contributed by atoms with Gasteiger partial charge in [-0.05, 0) is 75.1 Å². The molecule has 0 bridgehead atoms. The van der Waals surface area contributed by atoms with E-state index in [-0.39, 0.29) is 17.8 Å². The van der Waals surface area contributed by atoms with E-state index in [0.29, 0.717) is 29.2 Å². The minimum absolute atomic E-state index is 0.0286. The number of aliphatic imine (C=N–C) groups is 2. The summed E-state index contributed by atoms with van der Waals surface area (Å²) in [6.07, 6.45) is 7.32. The van der Waals surface area contributed by atoms with E-state index in [4.69, 9.17) is 23.1 Å². The van der Waals surface area contributed by atoms with Gasteiger partial charge in [-0.1, -0.05) is 11.6 Å². The number of halogens is 1. The van der Waals surface area contributed by atoms with Gasteiger partial charge in [0, 0.05) is 29.7 Å². The van der Waals surface area contributed by atoms with Crippen molar-refractivity contribution in [2.75, 3.05) is 0 Å². The molecule has 5 unspecified atom stereocenters. The van der Waals surface area contributed by atoms with E-state index in [9.17, 15) is 10.1 Å². The van der Waals surface area contributed by atoms with Gasteiger partial charge in [0.15, 0.2) is 0 Å². The molecule has 31 heavy (non-hydrogen) atoms. The molecule has 3 rings (SSSR count). The topological polar surface area (TPSA) is 130 Å². The summed E-state index contributed by atoms with van der Waals surface area (Å²) in [5.74, 6) is -0.483. The van der Waals surface area contributed by atoms with Crippen LogP contribution in [0.15, 0.2) is 34.3 Å². The minimum atomic E-state index is -0.899. The summed E-state index contributed by atoms with van der Waals surface area (Å²) in [6, 6.07) is 10.0. The Kier molecular flexibility index (Phi) is 8.05. The van der Waals surface area contributed by atoms with Crippen molar-refractivity contribution in [1.29, 1.82) is 5.26 Å². The molecule has 2 aliphatic carbocycles. The zero-order valence-electron chi connectivity index (χ0n) is 17.9. The lowest BCUT2D eigenvalue weighted by Gasteiger charge is -2.35. The van der Waals surface area contributed by atoms with Gasteiger partial charge in [-0.15, -0.1) is 0 Å². The van der Waals surface area contributed by atoms with Crippen molar-refractivity contribution in [2.24, 2.45) is 39.2 Å². The molecule has 166 valence electrons. The molecule has 0 saturated heterocycles. The van der Waals surface area contributed by atoms with Crippen molar-refractivity contribution in [3.05, 3.63) is 29.3 Å². The van der Waals surface area contributed by atoms with Crippen LogP contribution in [0.5, 0.6) is 0 Å². The van der Waals surface area contributed by atoms with Crippen LogP contribution in [0.2, 0.25) is 5.02 Å². The van der Waals surface area contributed by atoms with Crippen molar-refractivity contribution in [1.82, 2.24) is 5.32 Å². The molecule has 0 heterocycles. The molecule has 0 aliphatic heterocycles. The third-order valence-corrected chi connectivity index (χ3v) is 6.51. The first kappa shape index (κ1) is 23.2. The standard InChI is InChI=1S/C23H31ClN6O/c1-14(15-2-3-15)29-19-8-9-21(16(12-19)10-11-25)28-13-20(23(27)31)22(26)30-18-6-4-17(24)5-7-18/h4-7,13-16,19-21,29H,2-3,8-10,12H2,1H3,(H2,26,30)(H2,27,31). The van der Waals surface area contributed by atoms with E-state index in [1.807, 2.05) is 0 Å². The zero-order valence-corrected chi connectivity index (χ0v) is 18.6. The Labute approximate surface area is 189 Å². The van der Waals surface area contributed by atoms with Gasteiger partial charge >= 0.3 is 0 Å². The summed E-state index contributed by atoms with van der Waals surface area (Å²) in [7, 11) is 0. The second-order valence-electron chi connectivity index (χ2n) is 8.68. The molecule has 5 atom stereocenters. The summed E-state index contributed by atoms with van der Waals surface area (Å²) in [5, 5.41) is 13.6. The Bertz CT molecular complexity index is 858. The largest absolute Gasteiger partial charge is 0.386 e. The molecule has 2 fully saturated rings. The van der Waals surface area contributed by atoms with E-state index in [1.165, 1.54) is 19.1 Å². The molecule has 0 aromatic heterocycles. The Morgan fingerprint density at radius 2 is 2.00 bits per heavy atom. The Hall–Kier alpha value is -2.43. The molecular formula is C23H31ClN6O. The SMILES string of the molecule is CC(NC1CCC(N=CC(C(N)=O)C(N)=Nc2ccc(Cl)cc2)C(CC#N)C1)C1CC1. The molecule has 0 radical (unpaired) electrons. The maximum absolute atomic E-state index is 12.0. The van der Waals surface area contributed by atoms with Crippen molar-refractivity contribution in [3.63, 3.8) is 0 Å². The molecule has 2 aliphatic rings. The second kappa shape index (κ2) is 10.7. The van der Waals surface area contributed by atoms with Gasteiger partial charge in [-0.25, -0.2) is 4.99 Å². The smallest absolute Gasteiger partial charge is 0.233 e. The van der Waals surface area contributed by atoms with E-state index in [1.54, 1.807) is 24.3 Å². The first-order valence-electron chi connectivity index (χ1n) is 10.9. The van der Waals surface area contributed by atoms with E-state index in [0.717, 1.165) is 25.2 Å². The van der Waals surface area contributed by atoms with Gasteiger partial charge in [-0.2, -0.15) is 5.26 Å². The van der Waals surface area contributed by atoms with Gasteiger partial charge in [0.05, 0.1) is 17.8 Å². The highest BCUT2D eigenvalue weighted by Gasteiger charge is 2.34. The number of rotatable bonds is 9. The quantitative estimate of drug-likeness (QED) is 0.400. The maximum atomic E-state index is 12.0. The van der Waals surface area contributed by atoms with Gasteiger partial charge in [0.1, 0.15) is 11.8 Å². The number of carbonyl (C=O) groups is 1. The molecule has 7 nitrogen and oxygen atoms in total. The second-order valence-corrected chi connectivity index (χ2v) is 9.12. The lowest BCUT2D eigenvalue weighted by atomic mass is 9.80. The summed E-state index contributed by atoms with van der Waals surface area (Å²) in [6.45, 7) is 2.25. The van der Waals surface area contributed by atoms with Crippen LogP contribution in [0.3, 0.4) is 0 Å². The number of nitriles is 1. The van der Waals surface area contributed by atoms with Gasteiger partial charge < -0.3 is 16.8 Å². The zero-order chi connectivity index (χ0) is 22.4. The normalized spacial score (nSPS) is 26.4. The van der Waals surface area contributed by atoms with Gasteiger partial charge in [-0.3, -0.25) is 9.79 Å². The summed E-state index contributed by atoms with van der Waals surface area (Å²) in [5.41, 5.74) is 12.2. The molecule has 8 heteroatoms. The van der Waals surface area contributed by atoms with Crippen molar-refractivity contribution in [2.45, 2.75) is 63.6 Å². The maximum Gasteiger partial charge on any atom is 0.233 e. The van der Waals surface area contributed by atoms with Crippen LogP contribution in [-0.2, 0) is 4.79 Å². The highest BCUT2D eigenvalue weighted by Crippen LogP contribution is 2.35. The fraction of sp³-hybridized carbons (Fsp3) is 0.565. The Balaban J connectivity index is 1.66. The van der Waals surface area contributed by atoms with Crippen LogP contribution in [0.4, 0.5) is 5.69 Å². The highest BCUT2D eigenvalue weighted by molar-refractivity contribution is 6.30. The van der Waals surface area contributed by atoms with Crippen LogP contribution >= 0.6 is 11.6 Å². The van der Waals surface area contributed by atoms with E-state index < -0.39 is 11.8 Å². The van der Waals surface area contributed by atoms with E-state index in [2.05, 4.69) is 28.3 Å². The van der Waals surface area contributed by atoms with Crippen LogP contribution in [-0.4, -0.2) is 36.1 Å². The first-order valence-corrected chi connectivity index (χ1v) is 11.3. The minimum Gasteiger partial charge on any atom is -0.386 e. The number of hydrogen-bond donors (Lipinski definition) is 3. The predicted octanol–water partition coefficient (Wildman–Crippen LogP) is 3.34. The molecule has 0 spiro atoms. The van der Waals surface area contributed by atoms with Gasteiger partial charge in [0.25, 0.3) is 0 Å². The predicted molar refractivity (Wildman–Crippen MR) is 124 cm³/mol. The number of hydrogen-bond acceptors (Lipinski definition) is 5. The number of primary amides is 1. The van der Waals surface area contributed by atoms with Crippen molar-refractivity contribution >= 4 is 35.2 Å². The monoisotopic (exact) mass is 442 g/mol. The summed E-state index contributed by atoms with van der Waals surface area (Å²) >= 11 is 5.89. The number of amides is 1.